The summed E-state index contributed by atoms with van der Waals surface area (Å²) < 4.78 is 0. The maximum absolute atomic E-state index is 11.0. The Bertz CT molecular complexity index is 448. The van der Waals surface area contributed by atoms with Gasteiger partial charge in [-0.05, 0) is 30.8 Å². The van der Waals surface area contributed by atoms with E-state index in [1.54, 1.807) is 0 Å². The molecule has 0 radical (unpaired) electrons. The molecule has 0 aromatic heterocycles. The molecule has 0 aliphatic carbocycles. The fraction of sp³-hybridized carbons (Fsp3) is 0.467. The second-order valence-electron chi connectivity index (χ2n) is 5.22. The van der Waals surface area contributed by atoms with Crippen LogP contribution in [0, 0.1) is 0 Å². The van der Waals surface area contributed by atoms with Crippen LogP contribution in [-0.4, -0.2) is 30.8 Å². The SMILES string of the molecule is CC(=O)NCc1cc(CNC(C)=O)cc(CN(C)C)c1. The van der Waals surface area contributed by atoms with Crippen LogP contribution in [0.5, 0.6) is 0 Å². The molecule has 0 saturated carbocycles. The van der Waals surface area contributed by atoms with Crippen LogP contribution in [0.25, 0.3) is 0 Å². The van der Waals surface area contributed by atoms with Gasteiger partial charge in [0.05, 0.1) is 0 Å². The van der Waals surface area contributed by atoms with Gasteiger partial charge in [-0.25, -0.2) is 0 Å². The monoisotopic (exact) mass is 277 g/mol. The molecule has 20 heavy (non-hydrogen) atoms. The van der Waals surface area contributed by atoms with Crippen LogP contribution in [-0.2, 0) is 29.2 Å². The number of benzene rings is 1. The molecule has 5 nitrogen and oxygen atoms in total. The fourth-order valence-electron chi connectivity index (χ4n) is 1.95. The van der Waals surface area contributed by atoms with Gasteiger partial charge < -0.3 is 15.5 Å². The van der Waals surface area contributed by atoms with E-state index >= 15 is 0 Å². The van der Waals surface area contributed by atoms with Crippen LogP contribution in [0.2, 0.25) is 0 Å². The first-order valence-electron chi connectivity index (χ1n) is 6.62. The number of hydrogen-bond donors (Lipinski definition) is 2. The third kappa shape index (κ3) is 6.33. The number of carbonyl (C=O) groups is 2. The van der Waals surface area contributed by atoms with Gasteiger partial charge in [0.1, 0.15) is 0 Å². The highest BCUT2D eigenvalue weighted by atomic mass is 16.1. The lowest BCUT2D eigenvalue weighted by Crippen LogP contribution is -2.21. The highest BCUT2D eigenvalue weighted by Gasteiger charge is 2.04. The van der Waals surface area contributed by atoms with Crippen LogP contribution < -0.4 is 10.6 Å². The third-order valence-electron chi connectivity index (χ3n) is 2.69. The number of nitrogens with zero attached hydrogens (tertiary/aromatic N) is 1. The van der Waals surface area contributed by atoms with Gasteiger partial charge in [0.25, 0.3) is 0 Å². The fourth-order valence-corrected chi connectivity index (χ4v) is 1.95. The summed E-state index contributed by atoms with van der Waals surface area (Å²) in [6.45, 7) is 4.83. The van der Waals surface area contributed by atoms with E-state index in [1.165, 1.54) is 19.4 Å². The second-order valence-corrected chi connectivity index (χ2v) is 5.22. The summed E-state index contributed by atoms with van der Waals surface area (Å²) in [7, 11) is 4.02. The maximum Gasteiger partial charge on any atom is 0.217 e. The Morgan fingerprint density at radius 1 is 0.900 bits per heavy atom. The van der Waals surface area contributed by atoms with Crippen LogP contribution >= 0.6 is 0 Å². The van der Waals surface area contributed by atoms with Crippen molar-refractivity contribution in [2.75, 3.05) is 14.1 Å². The summed E-state index contributed by atoms with van der Waals surface area (Å²) in [4.78, 5) is 24.1. The van der Waals surface area contributed by atoms with Crippen molar-refractivity contribution in [3.63, 3.8) is 0 Å². The maximum atomic E-state index is 11.0. The van der Waals surface area contributed by atoms with E-state index in [1.807, 2.05) is 20.2 Å². The molecule has 0 bridgehead atoms. The van der Waals surface area contributed by atoms with Crippen molar-refractivity contribution in [3.8, 4) is 0 Å². The molecule has 0 fully saturated rings. The average molecular weight is 277 g/mol. The molecule has 0 aliphatic rings. The molecule has 1 aromatic carbocycles. The third-order valence-corrected chi connectivity index (χ3v) is 2.69. The zero-order valence-electron chi connectivity index (χ0n) is 12.6. The van der Waals surface area contributed by atoms with Gasteiger partial charge in [-0.3, -0.25) is 9.59 Å². The van der Waals surface area contributed by atoms with Crippen molar-refractivity contribution in [2.45, 2.75) is 33.5 Å². The molecule has 0 heterocycles. The van der Waals surface area contributed by atoms with Crippen molar-refractivity contribution < 1.29 is 9.59 Å². The molecule has 2 N–H and O–H groups in total. The van der Waals surface area contributed by atoms with Crippen LogP contribution in [0.1, 0.15) is 30.5 Å². The smallest absolute Gasteiger partial charge is 0.217 e. The van der Waals surface area contributed by atoms with Gasteiger partial charge in [-0.1, -0.05) is 18.2 Å². The summed E-state index contributed by atoms with van der Waals surface area (Å²) in [6, 6.07) is 6.16. The highest BCUT2D eigenvalue weighted by Crippen LogP contribution is 2.12. The van der Waals surface area contributed by atoms with Gasteiger partial charge in [0, 0.05) is 33.5 Å². The molecule has 0 atom stereocenters. The number of carbonyl (C=O) groups excluding carboxylic acids is 2. The lowest BCUT2D eigenvalue weighted by atomic mass is 10.0. The van der Waals surface area contributed by atoms with Crippen molar-refractivity contribution in [1.29, 1.82) is 0 Å². The topological polar surface area (TPSA) is 61.4 Å². The Morgan fingerprint density at radius 3 is 1.65 bits per heavy atom. The molecule has 110 valence electrons. The van der Waals surface area contributed by atoms with Crippen molar-refractivity contribution in [3.05, 3.63) is 34.9 Å². The molecule has 0 aliphatic heterocycles. The van der Waals surface area contributed by atoms with Gasteiger partial charge in [-0.15, -0.1) is 0 Å². The standard InChI is InChI=1S/C15H23N3O2/c1-11(19)16-8-13-5-14(9-17-12(2)20)7-15(6-13)10-18(3)4/h5-7H,8-10H2,1-4H3,(H,16,19)(H,17,20). The Kier molecular flexibility index (Phi) is 6.18. The first-order chi connectivity index (χ1) is 9.36. The average Bonchev–Trinajstić information content (AvgIpc) is 2.33. The number of amides is 2. The molecule has 0 unspecified atom stereocenters. The first kappa shape index (κ1) is 16.2. The van der Waals surface area contributed by atoms with Gasteiger partial charge in [0.15, 0.2) is 0 Å². The number of nitrogens with one attached hydrogen (secondary N) is 2. The molecule has 0 saturated heterocycles. The van der Waals surface area contributed by atoms with E-state index in [0.29, 0.717) is 13.1 Å². The lowest BCUT2D eigenvalue weighted by Gasteiger charge is -2.14. The van der Waals surface area contributed by atoms with Crippen molar-refractivity contribution >= 4 is 11.8 Å². The second kappa shape index (κ2) is 7.65. The Labute approximate surface area is 120 Å². The number of hydrogen-bond acceptors (Lipinski definition) is 3. The Balaban J connectivity index is 2.88. The van der Waals surface area contributed by atoms with Crippen molar-refractivity contribution in [2.24, 2.45) is 0 Å². The Morgan fingerprint density at radius 2 is 1.30 bits per heavy atom. The molecule has 5 heteroatoms. The highest BCUT2D eigenvalue weighted by molar-refractivity contribution is 5.73. The van der Waals surface area contributed by atoms with Gasteiger partial charge >= 0.3 is 0 Å². The lowest BCUT2D eigenvalue weighted by molar-refractivity contribution is -0.119. The molecule has 1 aromatic rings. The van der Waals surface area contributed by atoms with Gasteiger partial charge in [-0.2, -0.15) is 0 Å². The normalized spacial score (nSPS) is 10.4. The Hall–Kier alpha value is -1.88. The zero-order chi connectivity index (χ0) is 15.1. The van der Waals surface area contributed by atoms with E-state index in [0.717, 1.165) is 17.7 Å². The largest absolute Gasteiger partial charge is 0.352 e. The summed E-state index contributed by atoms with van der Waals surface area (Å²) in [5, 5.41) is 5.59. The molecule has 1 rings (SSSR count). The summed E-state index contributed by atoms with van der Waals surface area (Å²) in [5.41, 5.74) is 3.25. The van der Waals surface area contributed by atoms with E-state index in [4.69, 9.17) is 0 Å². The van der Waals surface area contributed by atoms with Crippen molar-refractivity contribution in [1.82, 2.24) is 15.5 Å². The first-order valence-corrected chi connectivity index (χ1v) is 6.62. The van der Waals surface area contributed by atoms with Crippen LogP contribution in [0.15, 0.2) is 18.2 Å². The zero-order valence-corrected chi connectivity index (χ0v) is 12.6. The van der Waals surface area contributed by atoms with Crippen LogP contribution in [0.3, 0.4) is 0 Å². The number of rotatable bonds is 6. The summed E-state index contributed by atoms with van der Waals surface area (Å²) in [6.07, 6.45) is 0. The van der Waals surface area contributed by atoms with E-state index in [-0.39, 0.29) is 11.8 Å². The minimum atomic E-state index is -0.0496. The van der Waals surface area contributed by atoms with E-state index in [2.05, 4.69) is 27.7 Å². The van der Waals surface area contributed by atoms with E-state index in [9.17, 15) is 9.59 Å². The summed E-state index contributed by atoms with van der Waals surface area (Å²) in [5.74, 6) is -0.0992. The summed E-state index contributed by atoms with van der Waals surface area (Å²) >= 11 is 0. The van der Waals surface area contributed by atoms with Crippen LogP contribution in [0.4, 0.5) is 0 Å². The minimum absolute atomic E-state index is 0.0496. The molecular formula is C15H23N3O2. The predicted molar refractivity (Wildman–Crippen MR) is 78.9 cm³/mol. The molecule has 0 spiro atoms. The van der Waals surface area contributed by atoms with E-state index < -0.39 is 0 Å². The predicted octanol–water partition coefficient (Wildman–Crippen LogP) is 1.02. The quantitative estimate of drug-likeness (QED) is 0.816. The van der Waals surface area contributed by atoms with Gasteiger partial charge in [0.2, 0.25) is 11.8 Å². The minimum Gasteiger partial charge on any atom is -0.352 e. The molecular weight excluding hydrogens is 254 g/mol. The molecule has 2 amide bonds.